The molecule has 18 heavy (non-hydrogen) atoms. The first-order chi connectivity index (χ1) is 8.60. The van der Waals surface area contributed by atoms with Crippen LogP contribution in [0.5, 0.6) is 0 Å². The largest absolute Gasteiger partial charge is 0.461 e. The van der Waals surface area contributed by atoms with Crippen molar-refractivity contribution in [2.24, 2.45) is 0 Å². The van der Waals surface area contributed by atoms with Crippen LogP contribution in [0.2, 0.25) is 4.28 Å². The van der Waals surface area contributed by atoms with Gasteiger partial charge in [-0.3, -0.25) is 4.79 Å². The minimum atomic E-state index is -0.170. The van der Waals surface area contributed by atoms with Gasteiger partial charge >= 0.3 is 0 Å². The highest BCUT2D eigenvalue weighted by Gasteiger charge is 2.37. The van der Waals surface area contributed by atoms with Crippen molar-refractivity contribution in [1.29, 1.82) is 0 Å². The van der Waals surface area contributed by atoms with Gasteiger partial charge in [0.2, 0.25) is 16.3 Å². The van der Waals surface area contributed by atoms with E-state index in [0.717, 1.165) is 47.8 Å². The number of ether oxygens (including phenoxy) is 1. The summed E-state index contributed by atoms with van der Waals surface area (Å²) in [6.07, 6.45) is 1.88. The fraction of sp³-hybridized carbons (Fsp3) is 0.462. The molecule has 0 aromatic heterocycles. The van der Waals surface area contributed by atoms with Crippen LogP contribution in [-0.4, -0.2) is 38.5 Å². The zero-order chi connectivity index (χ0) is 13.0. The Bertz CT molecular complexity index is 405. The second-order valence-electron chi connectivity index (χ2n) is 5.03. The van der Waals surface area contributed by atoms with Crippen LogP contribution >= 0.6 is 22.9 Å². The number of nitrogens with zero attached hydrogens (tertiary/aromatic N) is 1. The van der Waals surface area contributed by atoms with Crippen molar-refractivity contribution >= 4 is 45.1 Å². The quantitative estimate of drug-likeness (QED) is 0.351. The molecule has 0 bridgehead atoms. The van der Waals surface area contributed by atoms with Crippen molar-refractivity contribution in [1.82, 2.24) is 3.11 Å². The van der Waals surface area contributed by atoms with Crippen molar-refractivity contribution in [3.05, 3.63) is 35.9 Å². The number of benzene rings is 1. The molecule has 1 saturated heterocycles. The number of hydrogen-bond acceptors (Lipinski definition) is 3. The summed E-state index contributed by atoms with van der Waals surface area (Å²) in [6.45, 7) is 2.38. The minimum absolute atomic E-state index is 0.00233. The molecule has 3 nitrogen and oxygen atoms in total. The zero-order valence-corrected chi connectivity index (χ0v) is 14.7. The van der Waals surface area contributed by atoms with Crippen LogP contribution in [0.25, 0.3) is 0 Å². The van der Waals surface area contributed by atoms with Gasteiger partial charge in [0.25, 0.3) is 5.97 Å². The summed E-state index contributed by atoms with van der Waals surface area (Å²) in [7, 11) is 0. The third-order valence-corrected chi connectivity index (χ3v) is 5.89. The van der Waals surface area contributed by atoms with Crippen molar-refractivity contribution in [3.8, 4) is 0 Å². The lowest BCUT2D eigenvalue weighted by Crippen LogP contribution is -2.37. The normalized spacial score (nSPS) is 19.4. The summed E-state index contributed by atoms with van der Waals surface area (Å²) < 4.78 is 7.56. The fourth-order valence-electron chi connectivity index (χ4n) is 2.07. The summed E-state index contributed by atoms with van der Waals surface area (Å²) in [5.74, 6) is 0.00233. The molecule has 1 aliphatic rings. The molecule has 5 heteroatoms. The van der Waals surface area contributed by atoms with Gasteiger partial charge in [-0.1, -0.05) is 30.3 Å². The molecular weight excluding hydrogens is 356 g/mol. The van der Waals surface area contributed by atoms with Crippen LogP contribution in [0.15, 0.2) is 30.3 Å². The van der Waals surface area contributed by atoms with E-state index in [1.165, 1.54) is 0 Å². The summed E-state index contributed by atoms with van der Waals surface area (Å²) in [4.78, 5) is 12.2. The lowest BCUT2D eigenvalue weighted by Gasteiger charge is -2.35. The first-order valence-corrected chi connectivity index (χ1v) is 8.18. The van der Waals surface area contributed by atoms with Gasteiger partial charge in [0.1, 0.15) is 6.61 Å². The predicted molar refractivity (Wildman–Crippen MR) is 82.3 cm³/mol. The minimum Gasteiger partial charge on any atom is -0.461 e. The lowest BCUT2D eigenvalue weighted by atomic mass is 9.96. The average molecular weight is 373 g/mol. The zero-order valence-electron chi connectivity index (χ0n) is 10.6. The van der Waals surface area contributed by atoms with Crippen molar-refractivity contribution < 1.29 is 9.53 Å². The molecule has 0 aliphatic carbocycles. The number of halogens is 1. The summed E-state index contributed by atoms with van der Waals surface area (Å²) in [5.41, 5.74) is 1.06. The van der Waals surface area contributed by atoms with E-state index in [1.54, 1.807) is 0 Å². The number of piperidine rings is 1. The van der Waals surface area contributed by atoms with Crippen molar-refractivity contribution in [3.63, 3.8) is 0 Å². The van der Waals surface area contributed by atoms with Gasteiger partial charge in [0.05, 0.1) is 0 Å². The fourth-order valence-corrected chi connectivity index (χ4v) is 3.15. The highest BCUT2D eigenvalue weighted by Crippen LogP contribution is 2.37. The van der Waals surface area contributed by atoms with Gasteiger partial charge in [-0.05, 0) is 18.4 Å². The molecule has 1 aromatic rings. The second-order valence-corrected chi connectivity index (χ2v) is 8.31. The van der Waals surface area contributed by atoms with E-state index in [0.29, 0.717) is 6.61 Å². The van der Waals surface area contributed by atoms with Crippen LogP contribution in [0.4, 0.5) is 0 Å². The first kappa shape index (κ1) is 14.3. The third kappa shape index (κ3) is 3.70. The Kier molecular flexibility index (Phi) is 5.08. The van der Waals surface area contributed by atoms with Gasteiger partial charge in [0.15, 0.2) is 0 Å². The van der Waals surface area contributed by atoms with Crippen molar-refractivity contribution in [2.45, 2.75) is 23.7 Å². The van der Waals surface area contributed by atoms with E-state index < -0.39 is 0 Å². The van der Waals surface area contributed by atoms with E-state index >= 15 is 0 Å². The summed E-state index contributed by atoms with van der Waals surface area (Å²) in [5, 5.41) is 0. The van der Waals surface area contributed by atoms with Crippen LogP contribution < -0.4 is 0 Å². The van der Waals surface area contributed by atoms with E-state index in [4.69, 9.17) is 4.74 Å². The predicted octanol–water partition coefficient (Wildman–Crippen LogP) is 1.97. The van der Waals surface area contributed by atoms with Gasteiger partial charge in [-0.15, -0.1) is 0 Å². The third-order valence-electron chi connectivity index (χ3n) is 3.52. The molecule has 0 radical (unpaired) electrons. The van der Waals surface area contributed by atoms with Gasteiger partial charge < -0.3 is 4.74 Å². The van der Waals surface area contributed by atoms with E-state index in [9.17, 15) is 4.79 Å². The van der Waals surface area contributed by atoms with E-state index in [-0.39, 0.29) is 10.2 Å². The van der Waals surface area contributed by atoms with Crippen LogP contribution in [-0.2, 0) is 16.1 Å². The van der Waals surface area contributed by atoms with Crippen LogP contribution in [0, 0.1) is 0 Å². The molecule has 0 spiro atoms. The highest BCUT2D eigenvalue weighted by molar-refractivity contribution is 14.1. The molecule has 1 aromatic carbocycles. The summed E-state index contributed by atoms with van der Waals surface area (Å²) in [6, 6.07) is 9.87. The van der Waals surface area contributed by atoms with Gasteiger partial charge in [0, 0.05) is 40.2 Å². The summed E-state index contributed by atoms with van der Waals surface area (Å²) >= 11 is 3.20. The van der Waals surface area contributed by atoms with Gasteiger partial charge in [-0.25, -0.2) is 3.11 Å². The van der Waals surface area contributed by atoms with E-state index in [2.05, 4.69) is 26.0 Å². The smallest absolute Gasteiger partial charge is 0.298 e. The molecule has 0 atom stereocenters. The number of hydrogen-bond donors (Lipinski definition) is 0. The maximum absolute atomic E-state index is 12.2. The number of carbonyl (C=O) groups is 1. The lowest BCUT2D eigenvalue weighted by molar-refractivity contribution is -0.149. The van der Waals surface area contributed by atoms with Crippen LogP contribution in [0.1, 0.15) is 18.4 Å². The van der Waals surface area contributed by atoms with E-state index in [1.807, 2.05) is 30.3 Å². The molecule has 2 rings (SSSR count). The monoisotopic (exact) mass is 373 g/mol. The molecule has 0 unspecified atom stereocenters. The maximum Gasteiger partial charge on any atom is 0.298 e. The Hall–Kier alpha value is -0.0875. The molecule has 0 N–H and O–H groups in total. The molecule has 1 heterocycles. The Labute approximate surface area is 130 Å². The Morgan fingerprint density at radius 3 is 2.56 bits per heavy atom. The molecule has 1 fully saturated rings. The molecule has 0 amide bonds. The standard InChI is InChI=1S/C13H15INO2.Al.2H/c14-15-8-6-12(7-9-15)13(16)17-10-11-4-2-1-3-5-11;;;/h1-5H,6-10H2;;;. The average Bonchev–Trinajstić information content (AvgIpc) is 2.41. The molecule has 96 valence electrons. The SMILES string of the molecule is O=C(OCc1ccccc1)[C]1([AlH2])CCN(I)CC1. The number of rotatable bonds is 3. The Balaban J connectivity index is 1.88. The Morgan fingerprint density at radius 1 is 1.33 bits per heavy atom. The van der Waals surface area contributed by atoms with Gasteiger partial charge in [-0.2, -0.15) is 0 Å². The molecule has 0 saturated carbocycles. The maximum atomic E-state index is 12.2. The van der Waals surface area contributed by atoms with Crippen molar-refractivity contribution in [2.75, 3.05) is 13.1 Å². The highest BCUT2D eigenvalue weighted by atomic mass is 127. The first-order valence-electron chi connectivity index (χ1n) is 6.22. The topological polar surface area (TPSA) is 29.5 Å². The second kappa shape index (κ2) is 6.38. The molecular formula is C13H17AlINO2. The van der Waals surface area contributed by atoms with Crippen LogP contribution in [0.3, 0.4) is 0 Å². The number of carbonyl (C=O) groups excluding carboxylic acids is 1. The Morgan fingerprint density at radius 2 is 1.94 bits per heavy atom. The molecule has 1 aliphatic heterocycles. The number of esters is 1.